The molecule has 1 saturated carbocycles. The van der Waals surface area contributed by atoms with Crippen LogP contribution < -0.4 is 20.1 Å². The van der Waals surface area contributed by atoms with Crippen LogP contribution in [0.5, 0.6) is 11.5 Å². The number of fused-ring (bicyclic) bond motifs is 1. The molecule has 1 saturated heterocycles. The van der Waals surface area contributed by atoms with Crippen LogP contribution in [-0.4, -0.2) is 54.8 Å². The van der Waals surface area contributed by atoms with Crippen molar-refractivity contribution < 1.29 is 27.8 Å². The molecule has 0 bridgehead atoms. The van der Waals surface area contributed by atoms with Crippen molar-refractivity contribution in [1.29, 1.82) is 0 Å². The zero-order valence-corrected chi connectivity index (χ0v) is 18.0. The molecule has 3 heterocycles. The summed E-state index contributed by atoms with van der Waals surface area (Å²) in [6.45, 7) is -1.04. The first kappa shape index (κ1) is 21.6. The number of methoxy groups -OCH3 is 1. The molecule has 1 atom stereocenters. The molecule has 2 fully saturated rings. The second kappa shape index (κ2) is 8.95. The SMILES string of the molecule is COc1cc(-c2cnc3cc(C4COCCN4)ccn23)cc(OC(F)F)c1C(=O)NC1CC1. The maximum absolute atomic E-state index is 13.2. The minimum absolute atomic E-state index is 0.0482. The topological polar surface area (TPSA) is 86.1 Å². The summed E-state index contributed by atoms with van der Waals surface area (Å²) in [5, 5.41) is 6.21. The number of amides is 1. The molecule has 33 heavy (non-hydrogen) atoms. The number of nitrogens with one attached hydrogen (secondary N) is 2. The van der Waals surface area contributed by atoms with E-state index in [1.54, 1.807) is 12.3 Å². The Hall–Kier alpha value is -3.24. The molecular formula is C23H24F2N4O4. The number of rotatable bonds is 7. The number of alkyl halides is 2. The molecular weight excluding hydrogens is 434 g/mol. The van der Waals surface area contributed by atoms with Crippen molar-refractivity contribution in [1.82, 2.24) is 20.0 Å². The normalized spacial score (nSPS) is 18.5. The summed E-state index contributed by atoms with van der Waals surface area (Å²) in [6, 6.07) is 7.12. The first-order chi connectivity index (χ1) is 16.0. The fourth-order valence-electron chi connectivity index (χ4n) is 4.00. The second-order valence-corrected chi connectivity index (χ2v) is 8.09. The Bertz CT molecular complexity index is 1170. The van der Waals surface area contributed by atoms with Crippen LogP contribution in [0.25, 0.3) is 16.9 Å². The smallest absolute Gasteiger partial charge is 0.387 e. The monoisotopic (exact) mass is 458 g/mol. The van der Waals surface area contributed by atoms with Gasteiger partial charge in [0.2, 0.25) is 0 Å². The third kappa shape index (κ3) is 4.49. The van der Waals surface area contributed by atoms with Gasteiger partial charge >= 0.3 is 6.61 Å². The number of carbonyl (C=O) groups excluding carboxylic acids is 1. The molecule has 10 heteroatoms. The number of ether oxygens (including phenoxy) is 3. The van der Waals surface area contributed by atoms with E-state index >= 15 is 0 Å². The predicted octanol–water partition coefficient (Wildman–Crippen LogP) is 3.16. The number of aromatic nitrogens is 2. The number of halogens is 2. The second-order valence-electron chi connectivity index (χ2n) is 8.09. The summed E-state index contributed by atoms with van der Waals surface area (Å²) in [6.07, 6.45) is 5.25. The van der Waals surface area contributed by atoms with Gasteiger partial charge in [-0.25, -0.2) is 4.98 Å². The molecule has 5 rings (SSSR count). The molecule has 2 aromatic heterocycles. The first-order valence-corrected chi connectivity index (χ1v) is 10.8. The minimum atomic E-state index is -3.09. The van der Waals surface area contributed by atoms with E-state index in [0.717, 1.165) is 24.9 Å². The molecule has 0 radical (unpaired) electrons. The maximum atomic E-state index is 13.2. The van der Waals surface area contributed by atoms with Gasteiger partial charge in [0.05, 0.1) is 38.3 Å². The lowest BCUT2D eigenvalue weighted by Crippen LogP contribution is -2.34. The van der Waals surface area contributed by atoms with Crippen LogP contribution in [0.1, 0.15) is 34.8 Å². The van der Waals surface area contributed by atoms with E-state index in [4.69, 9.17) is 14.2 Å². The molecule has 174 valence electrons. The van der Waals surface area contributed by atoms with Crippen molar-refractivity contribution in [3.63, 3.8) is 0 Å². The van der Waals surface area contributed by atoms with Crippen LogP contribution in [-0.2, 0) is 4.74 Å². The summed E-state index contributed by atoms with van der Waals surface area (Å²) in [5.74, 6) is -0.592. The van der Waals surface area contributed by atoms with Gasteiger partial charge in [0.1, 0.15) is 22.7 Å². The van der Waals surface area contributed by atoms with Gasteiger partial charge in [-0.05, 0) is 42.7 Å². The van der Waals surface area contributed by atoms with Crippen LogP contribution >= 0.6 is 0 Å². The lowest BCUT2D eigenvalue weighted by atomic mass is 10.1. The van der Waals surface area contributed by atoms with Gasteiger partial charge in [-0.15, -0.1) is 0 Å². The van der Waals surface area contributed by atoms with E-state index in [9.17, 15) is 13.6 Å². The first-order valence-electron chi connectivity index (χ1n) is 10.8. The summed E-state index contributed by atoms with van der Waals surface area (Å²) >= 11 is 0. The fourth-order valence-corrected chi connectivity index (χ4v) is 4.00. The van der Waals surface area contributed by atoms with Gasteiger partial charge in [0.25, 0.3) is 5.91 Å². The van der Waals surface area contributed by atoms with Crippen LogP contribution in [0.3, 0.4) is 0 Å². The average Bonchev–Trinajstić information content (AvgIpc) is 3.53. The molecule has 1 aliphatic heterocycles. The quantitative estimate of drug-likeness (QED) is 0.566. The van der Waals surface area contributed by atoms with Gasteiger partial charge < -0.3 is 24.8 Å². The number of benzene rings is 1. The Morgan fingerprint density at radius 1 is 1.30 bits per heavy atom. The van der Waals surface area contributed by atoms with Crippen LogP contribution in [0.15, 0.2) is 36.7 Å². The van der Waals surface area contributed by atoms with Gasteiger partial charge in [-0.2, -0.15) is 8.78 Å². The van der Waals surface area contributed by atoms with E-state index in [1.165, 1.54) is 13.2 Å². The third-order valence-corrected chi connectivity index (χ3v) is 5.80. The number of morpholine rings is 1. The van der Waals surface area contributed by atoms with Crippen molar-refractivity contribution in [2.75, 3.05) is 26.9 Å². The van der Waals surface area contributed by atoms with E-state index in [1.807, 2.05) is 22.7 Å². The highest BCUT2D eigenvalue weighted by Crippen LogP contribution is 2.37. The van der Waals surface area contributed by atoms with Crippen LogP contribution in [0.4, 0.5) is 8.78 Å². The summed E-state index contributed by atoms with van der Waals surface area (Å²) in [5.41, 5.74) is 2.88. The molecule has 2 N–H and O–H groups in total. The molecule has 1 aromatic carbocycles. The van der Waals surface area contributed by atoms with Gasteiger partial charge in [0, 0.05) is 24.3 Å². The minimum Gasteiger partial charge on any atom is -0.496 e. The zero-order chi connectivity index (χ0) is 22.9. The number of nitrogens with zero attached hydrogens (tertiary/aromatic N) is 2. The lowest BCUT2D eigenvalue weighted by molar-refractivity contribution is -0.0502. The highest BCUT2D eigenvalue weighted by Gasteiger charge is 2.29. The maximum Gasteiger partial charge on any atom is 0.387 e. The Balaban J connectivity index is 1.54. The van der Waals surface area contributed by atoms with E-state index in [0.29, 0.717) is 30.1 Å². The summed E-state index contributed by atoms with van der Waals surface area (Å²) in [4.78, 5) is 17.2. The standard InChI is InChI=1S/C23H24F2N4O4/c1-31-18-8-14(9-19(33-23(24)25)21(18)22(30)28-15-2-3-15)17-11-27-20-10-13(4-6-29(17)20)16-12-32-7-5-26-16/h4,6,8-11,15-16,23,26H,2-3,5,7,12H2,1H3,(H,28,30). The largest absolute Gasteiger partial charge is 0.496 e. The molecule has 2 aliphatic rings. The van der Waals surface area contributed by atoms with Crippen LogP contribution in [0, 0.1) is 0 Å². The highest BCUT2D eigenvalue weighted by atomic mass is 19.3. The Kier molecular flexibility index (Phi) is 5.86. The van der Waals surface area contributed by atoms with Crippen molar-refractivity contribution in [3.8, 4) is 22.8 Å². The summed E-state index contributed by atoms with van der Waals surface area (Å²) < 4.78 is 43.9. The summed E-state index contributed by atoms with van der Waals surface area (Å²) in [7, 11) is 1.39. The highest BCUT2D eigenvalue weighted by molar-refractivity contribution is 6.01. The number of carbonyl (C=O) groups is 1. The van der Waals surface area contributed by atoms with Gasteiger partial charge in [-0.3, -0.25) is 9.20 Å². The Morgan fingerprint density at radius 3 is 2.82 bits per heavy atom. The Labute approximate surface area is 188 Å². The zero-order valence-electron chi connectivity index (χ0n) is 18.0. The molecule has 0 spiro atoms. The number of hydrogen-bond donors (Lipinski definition) is 2. The van der Waals surface area contributed by atoms with Crippen molar-refractivity contribution in [2.24, 2.45) is 0 Å². The molecule has 8 nitrogen and oxygen atoms in total. The predicted molar refractivity (Wildman–Crippen MR) is 116 cm³/mol. The van der Waals surface area contributed by atoms with E-state index < -0.39 is 12.5 Å². The fraction of sp³-hybridized carbons (Fsp3) is 0.391. The van der Waals surface area contributed by atoms with Crippen LogP contribution in [0.2, 0.25) is 0 Å². The van der Waals surface area contributed by atoms with Gasteiger partial charge in [-0.1, -0.05) is 0 Å². The molecule has 1 amide bonds. The van der Waals surface area contributed by atoms with E-state index in [2.05, 4.69) is 15.6 Å². The van der Waals surface area contributed by atoms with E-state index in [-0.39, 0.29) is 29.1 Å². The van der Waals surface area contributed by atoms with Crippen molar-refractivity contribution in [3.05, 3.63) is 47.8 Å². The number of hydrogen-bond acceptors (Lipinski definition) is 6. The number of imidazole rings is 1. The van der Waals surface area contributed by atoms with Crippen molar-refractivity contribution in [2.45, 2.75) is 31.5 Å². The third-order valence-electron chi connectivity index (χ3n) is 5.80. The lowest BCUT2D eigenvalue weighted by Gasteiger charge is -2.24. The number of pyridine rings is 1. The Morgan fingerprint density at radius 2 is 2.12 bits per heavy atom. The van der Waals surface area contributed by atoms with Gasteiger partial charge in [0.15, 0.2) is 0 Å². The molecule has 1 aliphatic carbocycles. The van der Waals surface area contributed by atoms with Crippen molar-refractivity contribution >= 4 is 11.6 Å². The molecule has 1 unspecified atom stereocenters. The molecule has 3 aromatic rings. The average molecular weight is 458 g/mol.